The second-order valence-electron chi connectivity index (χ2n) is 7.95. The average Bonchev–Trinajstić information content (AvgIpc) is 3.34. The molecule has 2 aliphatic rings. The second kappa shape index (κ2) is 6.64. The monoisotopic (exact) mass is 395 g/mol. The number of rotatable bonds is 3. The van der Waals surface area contributed by atoms with Crippen LogP contribution in [-0.2, 0) is 10.0 Å². The number of hydrogen-bond donors (Lipinski definition) is 0. The van der Waals surface area contributed by atoms with Crippen LogP contribution in [0.15, 0.2) is 59.6 Å². The first-order valence-electron chi connectivity index (χ1n) is 9.95. The predicted molar refractivity (Wildman–Crippen MR) is 113 cm³/mol. The summed E-state index contributed by atoms with van der Waals surface area (Å²) in [6, 6.07) is 15.7. The quantitative estimate of drug-likeness (QED) is 0.681. The Bertz CT molecular complexity index is 1120. The molecule has 0 saturated carbocycles. The van der Waals surface area contributed by atoms with E-state index in [0.29, 0.717) is 10.9 Å². The van der Waals surface area contributed by atoms with Crippen molar-refractivity contribution in [2.24, 2.45) is 0 Å². The number of hydrogen-bond acceptors (Lipinski definition) is 4. The predicted octanol–water partition coefficient (Wildman–Crippen LogP) is 3.47. The topological polar surface area (TPSA) is 45.6 Å². The zero-order valence-corrected chi connectivity index (χ0v) is 16.9. The molecule has 28 heavy (non-hydrogen) atoms. The fourth-order valence-corrected chi connectivity index (χ4v) is 5.89. The Morgan fingerprint density at radius 3 is 2.61 bits per heavy atom. The summed E-state index contributed by atoms with van der Waals surface area (Å²) in [5, 5.41) is 0.943. The summed E-state index contributed by atoms with van der Waals surface area (Å²) in [5.74, 6) is 0. The van der Waals surface area contributed by atoms with Crippen molar-refractivity contribution in [3.05, 3.63) is 60.3 Å². The van der Waals surface area contributed by atoms with Gasteiger partial charge in [0.2, 0.25) is 0 Å². The Balaban J connectivity index is 1.52. The van der Waals surface area contributed by atoms with Crippen molar-refractivity contribution < 1.29 is 8.42 Å². The van der Waals surface area contributed by atoms with Crippen molar-refractivity contribution >= 4 is 26.6 Å². The van der Waals surface area contributed by atoms with Crippen molar-refractivity contribution in [2.75, 3.05) is 31.1 Å². The second-order valence-corrected chi connectivity index (χ2v) is 9.77. The van der Waals surface area contributed by atoms with Gasteiger partial charge in [-0.05, 0) is 56.6 Å². The van der Waals surface area contributed by atoms with E-state index in [9.17, 15) is 8.42 Å². The third kappa shape index (κ3) is 2.91. The molecule has 0 amide bonds. The van der Waals surface area contributed by atoms with Gasteiger partial charge in [-0.15, -0.1) is 0 Å². The molecule has 146 valence electrons. The molecule has 0 radical (unpaired) electrons. The Hall–Kier alpha value is -2.31. The molecule has 5 rings (SSSR count). The molecule has 0 bridgehead atoms. The fraction of sp³-hybridized carbons (Fsp3) is 0.364. The molecule has 2 fully saturated rings. The lowest BCUT2D eigenvalue weighted by molar-refractivity contribution is 0.231. The first-order valence-corrected chi connectivity index (χ1v) is 11.4. The van der Waals surface area contributed by atoms with Gasteiger partial charge in [0.15, 0.2) is 0 Å². The molecule has 2 aromatic carbocycles. The molecule has 2 aliphatic heterocycles. The van der Waals surface area contributed by atoms with Crippen LogP contribution < -0.4 is 4.90 Å². The molecule has 5 nitrogen and oxygen atoms in total. The third-order valence-corrected chi connectivity index (χ3v) is 7.88. The molecule has 0 N–H and O–H groups in total. The van der Waals surface area contributed by atoms with Crippen LogP contribution in [0.4, 0.5) is 5.69 Å². The number of piperazine rings is 1. The van der Waals surface area contributed by atoms with Gasteiger partial charge in [0.05, 0.1) is 10.4 Å². The van der Waals surface area contributed by atoms with Gasteiger partial charge in [0.1, 0.15) is 0 Å². The fourth-order valence-electron chi connectivity index (χ4n) is 4.55. The molecule has 6 heteroatoms. The maximum atomic E-state index is 13.2. The van der Waals surface area contributed by atoms with Crippen molar-refractivity contribution in [3.8, 4) is 0 Å². The van der Waals surface area contributed by atoms with Crippen LogP contribution in [0.2, 0.25) is 0 Å². The minimum absolute atomic E-state index is 0.320. The van der Waals surface area contributed by atoms with E-state index in [4.69, 9.17) is 0 Å². The van der Waals surface area contributed by atoms with Gasteiger partial charge in [-0.2, -0.15) is 0 Å². The lowest BCUT2D eigenvalue weighted by Crippen LogP contribution is -2.50. The number of anilines is 1. The molecule has 0 aliphatic carbocycles. The smallest absolute Gasteiger partial charge is 0.268 e. The lowest BCUT2D eigenvalue weighted by Gasteiger charge is -2.38. The summed E-state index contributed by atoms with van der Waals surface area (Å²) in [6.45, 7) is 6.28. The van der Waals surface area contributed by atoms with Crippen LogP contribution in [0.3, 0.4) is 0 Å². The summed E-state index contributed by atoms with van der Waals surface area (Å²) < 4.78 is 27.8. The number of nitrogens with zero attached hydrogens (tertiary/aromatic N) is 3. The number of aryl methyl sites for hydroxylation is 1. The van der Waals surface area contributed by atoms with Crippen LogP contribution in [-0.4, -0.2) is 49.5 Å². The SMILES string of the molecule is Cc1ccc(S(=O)(=O)n2ccc3ccc(N4CCN5CCCC5C4)cc32)cc1. The highest BCUT2D eigenvalue weighted by Crippen LogP contribution is 2.30. The van der Waals surface area contributed by atoms with Gasteiger partial charge in [-0.1, -0.05) is 23.8 Å². The van der Waals surface area contributed by atoms with Gasteiger partial charge in [-0.25, -0.2) is 12.4 Å². The molecule has 3 aromatic rings. The maximum Gasteiger partial charge on any atom is 0.268 e. The third-order valence-electron chi connectivity index (χ3n) is 6.17. The minimum atomic E-state index is -3.61. The lowest BCUT2D eigenvalue weighted by atomic mass is 10.1. The van der Waals surface area contributed by atoms with Crippen LogP contribution in [0.1, 0.15) is 18.4 Å². The Labute approximate surface area is 166 Å². The molecule has 3 heterocycles. The molecular weight excluding hydrogens is 370 g/mol. The van der Waals surface area contributed by atoms with E-state index < -0.39 is 10.0 Å². The van der Waals surface area contributed by atoms with Crippen molar-refractivity contribution in [2.45, 2.75) is 30.7 Å². The Kier molecular flexibility index (Phi) is 4.21. The number of aromatic nitrogens is 1. The Morgan fingerprint density at radius 1 is 0.964 bits per heavy atom. The van der Waals surface area contributed by atoms with Crippen LogP contribution in [0.25, 0.3) is 10.9 Å². The molecule has 2 saturated heterocycles. The highest BCUT2D eigenvalue weighted by molar-refractivity contribution is 7.90. The molecular formula is C22H25N3O2S. The van der Waals surface area contributed by atoms with E-state index in [2.05, 4.69) is 15.9 Å². The van der Waals surface area contributed by atoms with Crippen LogP contribution in [0.5, 0.6) is 0 Å². The highest BCUT2D eigenvalue weighted by atomic mass is 32.2. The van der Waals surface area contributed by atoms with Crippen molar-refractivity contribution in [3.63, 3.8) is 0 Å². The summed E-state index contributed by atoms with van der Waals surface area (Å²) in [6.07, 6.45) is 4.21. The highest BCUT2D eigenvalue weighted by Gasteiger charge is 2.30. The van der Waals surface area contributed by atoms with Gasteiger partial charge in [0, 0.05) is 42.9 Å². The van der Waals surface area contributed by atoms with Gasteiger partial charge in [0.25, 0.3) is 10.0 Å². The van der Waals surface area contributed by atoms with Crippen molar-refractivity contribution in [1.29, 1.82) is 0 Å². The summed E-state index contributed by atoms with van der Waals surface area (Å²) in [5.41, 5.74) is 2.90. The first kappa shape index (κ1) is 17.8. The standard InChI is InChI=1S/C22H25N3O2S/c1-17-4-8-21(9-5-17)28(26,27)25-12-10-18-6-7-19(15-22(18)25)24-14-13-23-11-2-3-20(23)16-24/h4-10,12,15,20H,2-3,11,13-14,16H2,1H3. The van der Waals surface area contributed by atoms with E-state index in [1.54, 1.807) is 18.3 Å². The molecule has 1 atom stereocenters. The minimum Gasteiger partial charge on any atom is -0.369 e. The maximum absolute atomic E-state index is 13.2. The van der Waals surface area contributed by atoms with Crippen LogP contribution in [0, 0.1) is 6.92 Å². The van der Waals surface area contributed by atoms with E-state index in [-0.39, 0.29) is 0 Å². The van der Waals surface area contributed by atoms with Gasteiger partial charge >= 0.3 is 0 Å². The van der Waals surface area contributed by atoms with Gasteiger partial charge < -0.3 is 4.90 Å². The molecule has 1 aromatic heterocycles. The number of benzene rings is 2. The normalized spacial score (nSPS) is 20.6. The van der Waals surface area contributed by atoms with Crippen molar-refractivity contribution in [1.82, 2.24) is 8.87 Å². The summed E-state index contributed by atoms with van der Waals surface area (Å²) in [4.78, 5) is 5.31. The van der Waals surface area contributed by atoms with E-state index in [0.717, 1.165) is 41.8 Å². The zero-order valence-electron chi connectivity index (χ0n) is 16.1. The summed E-state index contributed by atoms with van der Waals surface area (Å²) in [7, 11) is -3.61. The zero-order chi connectivity index (χ0) is 19.3. The van der Waals surface area contributed by atoms with E-state index in [1.165, 1.54) is 23.4 Å². The van der Waals surface area contributed by atoms with Crippen LogP contribution >= 0.6 is 0 Å². The molecule has 1 unspecified atom stereocenters. The van der Waals surface area contributed by atoms with E-state index in [1.807, 2.05) is 37.3 Å². The summed E-state index contributed by atoms with van der Waals surface area (Å²) >= 11 is 0. The Morgan fingerprint density at radius 2 is 1.79 bits per heavy atom. The average molecular weight is 396 g/mol. The van der Waals surface area contributed by atoms with E-state index >= 15 is 0 Å². The largest absolute Gasteiger partial charge is 0.369 e. The van der Waals surface area contributed by atoms with Gasteiger partial charge in [-0.3, -0.25) is 4.90 Å². The first-order chi connectivity index (χ1) is 13.5. The molecule has 0 spiro atoms. The number of fused-ring (bicyclic) bond motifs is 2.